The molecule has 15 heavy (non-hydrogen) atoms. The maximum absolute atomic E-state index is 9.86. The number of phenols is 1. The van der Waals surface area contributed by atoms with Crippen molar-refractivity contribution in [1.82, 2.24) is 0 Å². The molecule has 1 aromatic carbocycles. The number of aryl methyl sites for hydroxylation is 1. The molecule has 82 valence electrons. The molecule has 1 saturated carbocycles. The molecule has 1 fully saturated rings. The standard InChI is InChI=1S/C14H20O/c1-2-3-4-6-11-7-5-8-13(15)14(11)12-9-10-12/h5,7-8,12,15H,2-4,6,9-10H2,1H3. The minimum Gasteiger partial charge on any atom is -0.508 e. The molecule has 2 rings (SSSR count). The Morgan fingerprint density at radius 3 is 2.73 bits per heavy atom. The van der Waals surface area contributed by atoms with E-state index in [1.54, 1.807) is 0 Å². The highest BCUT2D eigenvalue weighted by molar-refractivity contribution is 5.44. The fourth-order valence-electron chi connectivity index (χ4n) is 2.23. The summed E-state index contributed by atoms with van der Waals surface area (Å²) in [7, 11) is 0. The van der Waals surface area contributed by atoms with Gasteiger partial charge in [-0.05, 0) is 43.2 Å². The molecular weight excluding hydrogens is 184 g/mol. The lowest BCUT2D eigenvalue weighted by Crippen LogP contribution is -1.93. The van der Waals surface area contributed by atoms with E-state index in [4.69, 9.17) is 0 Å². The number of benzene rings is 1. The summed E-state index contributed by atoms with van der Waals surface area (Å²) in [6.45, 7) is 2.23. The van der Waals surface area contributed by atoms with Gasteiger partial charge in [-0.1, -0.05) is 31.9 Å². The highest BCUT2D eigenvalue weighted by Gasteiger charge is 2.28. The van der Waals surface area contributed by atoms with Gasteiger partial charge in [0.05, 0.1) is 0 Å². The third-order valence-corrected chi connectivity index (χ3v) is 3.21. The summed E-state index contributed by atoms with van der Waals surface area (Å²) in [6, 6.07) is 5.99. The van der Waals surface area contributed by atoms with Crippen LogP contribution in [0.25, 0.3) is 0 Å². The zero-order valence-electron chi connectivity index (χ0n) is 9.50. The van der Waals surface area contributed by atoms with Crippen LogP contribution in [-0.4, -0.2) is 5.11 Å². The molecule has 1 nitrogen and oxygen atoms in total. The van der Waals surface area contributed by atoms with Crippen LogP contribution in [0.1, 0.15) is 56.1 Å². The molecule has 1 aromatic rings. The van der Waals surface area contributed by atoms with E-state index in [0.717, 1.165) is 6.42 Å². The van der Waals surface area contributed by atoms with Gasteiger partial charge in [0.1, 0.15) is 5.75 Å². The lowest BCUT2D eigenvalue weighted by molar-refractivity contribution is 0.467. The highest BCUT2D eigenvalue weighted by atomic mass is 16.3. The van der Waals surface area contributed by atoms with Gasteiger partial charge in [-0.25, -0.2) is 0 Å². The number of unbranched alkanes of at least 4 members (excludes halogenated alkanes) is 2. The molecule has 1 aliphatic carbocycles. The number of phenolic OH excluding ortho intramolecular Hbond substituents is 1. The first-order chi connectivity index (χ1) is 7.33. The van der Waals surface area contributed by atoms with Gasteiger partial charge in [0.25, 0.3) is 0 Å². The van der Waals surface area contributed by atoms with Gasteiger partial charge < -0.3 is 5.11 Å². The molecule has 0 spiro atoms. The van der Waals surface area contributed by atoms with Crippen LogP contribution in [0.4, 0.5) is 0 Å². The van der Waals surface area contributed by atoms with Crippen LogP contribution in [0.2, 0.25) is 0 Å². The number of aromatic hydroxyl groups is 1. The van der Waals surface area contributed by atoms with Crippen LogP contribution >= 0.6 is 0 Å². The Labute approximate surface area is 92.1 Å². The van der Waals surface area contributed by atoms with Crippen LogP contribution in [0.3, 0.4) is 0 Å². The summed E-state index contributed by atoms with van der Waals surface area (Å²) in [6.07, 6.45) is 7.46. The molecule has 0 unspecified atom stereocenters. The normalized spacial score (nSPS) is 15.5. The van der Waals surface area contributed by atoms with Crippen LogP contribution in [-0.2, 0) is 6.42 Å². The molecule has 0 atom stereocenters. The van der Waals surface area contributed by atoms with Gasteiger partial charge in [-0.2, -0.15) is 0 Å². The van der Waals surface area contributed by atoms with E-state index in [9.17, 15) is 5.11 Å². The molecule has 0 saturated heterocycles. The Hall–Kier alpha value is -0.980. The summed E-state index contributed by atoms with van der Waals surface area (Å²) in [5.74, 6) is 1.18. The van der Waals surface area contributed by atoms with Gasteiger partial charge in [0.2, 0.25) is 0 Å². The average molecular weight is 204 g/mol. The molecule has 0 bridgehead atoms. The fraction of sp³-hybridized carbons (Fsp3) is 0.571. The molecule has 1 heteroatoms. The second-order valence-electron chi connectivity index (χ2n) is 4.58. The van der Waals surface area contributed by atoms with Crippen LogP contribution in [0, 0.1) is 0 Å². The van der Waals surface area contributed by atoms with Crippen molar-refractivity contribution >= 4 is 0 Å². The van der Waals surface area contributed by atoms with E-state index < -0.39 is 0 Å². The largest absolute Gasteiger partial charge is 0.508 e. The summed E-state index contributed by atoms with van der Waals surface area (Å²) < 4.78 is 0. The predicted octanol–water partition coefficient (Wildman–Crippen LogP) is 4.00. The lowest BCUT2D eigenvalue weighted by Gasteiger charge is -2.10. The van der Waals surface area contributed by atoms with Crippen molar-refractivity contribution in [2.24, 2.45) is 0 Å². The van der Waals surface area contributed by atoms with Gasteiger partial charge in [0.15, 0.2) is 0 Å². The van der Waals surface area contributed by atoms with Gasteiger partial charge in [0, 0.05) is 5.56 Å². The van der Waals surface area contributed by atoms with Crippen molar-refractivity contribution < 1.29 is 5.11 Å². The van der Waals surface area contributed by atoms with Crippen molar-refractivity contribution in [2.75, 3.05) is 0 Å². The van der Waals surface area contributed by atoms with Crippen molar-refractivity contribution in [1.29, 1.82) is 0 Å². The zero-order chi connectivity index (χ0) is 10.7. The Morgan fingerprint density at radius 2 is 2.07 bits per heavy atom. The van der Waals surface area contributed by atoms with Crippen molar-refractivity contribution in [3.8, 4) is 5.75 Å². The van der Waals surface area contributed by atoms with Crippen LogP contribution < -0.4 is 0 Å². The molecule has 1 aliphatic rings. The quantitative estimate of drug-likeness (QED) is 0.719. The van der Waals surface area contributed by atoms with Crippen molar-refractivity contribution in [3.05, 3.63) is 29.3 Å². The monoisotopic (exact) mass is 204 g/mol. The van der Waals surface area contributed by atoms with E-state index >= 15 is 0 Å². The van der Waals surface area contributed by atoms with Crippen molar-refractivity contribution in [2.45, 2.75) is 51.4 Å². The maximum atomic E-state index is 9.86. The number of rotatable bonds is 5. The fourth-order valence-corrected chi connectivity index (χ4v) is 2.23. The molecular formula is C14H20O. The molecule has 0 aliphatic heterocycles. The topological polar surface area (TPSA) is 20.2 Å². The van der Waals surface area contributed by atoms with E-state index in [1.807, 2.05) is 12.1 Å². The van der Waals surface area contributed by atoms with E-state index in [2.05, 4.69) is 13.0 Å². The van der Waals surface area contributed by atoms with Gasteiger partial charge in [-0.3, -0.25) is 0 Å². The lowest BCUT2D eigenvalue weighted by atomic mass is 9.97. The summed E-state index contributed by atoms with van der Waals surface area (Å²) >= 11 is 0. The minimum absolute atomic E-state index is 0.520. The first-order valence-corrected chi connectivity index (χ1v) is 6.13. The smallest absolute Gasteiger partial charge is 0.119 e. The van der Waals surface area contributed by atoms with Gasteiger partial charge in [-0.15, -0.1) is 0 Å². The first-order valence-electron chi connectivity index (χ1n) is 6.13. The van der Waals surface area contributed by atoms with E-state index in [-0.39, 0.29) is 0 Å². The summed E-state index contributed by atoms with van der Waals surface area (Å²) in [5.41, 5.74) is 2.62. The Bertz CT molecular complexity index is 326. The second-order valence-corrected chi connectivity index (χ2v) is 4.58. The SMILES string of the molecule is CCCCCc1cccc(O)c1C1CC1. The van der Waals surface area contributed by atoms with E-state index in [1.165, 1.54) is 43.2 Å². The minimum atomic E-state index is 0.520. The maximum Gasteiger partial charge on any atom is 0.119 e. The Balaban J connectivity index is 2.10. The second kappa shape index (κ2) is 4.69. The van der Waals surface area contributed by atoms with E-state index in [0.29, 0.717) is 11.7 Å². The Kier molecular flexibility index (Phi) is 3.30. The highest BCUT2D eigenvalue weighted by Crippen LogP contribution is 2.45. The van der Waals surface area contributed by atoms with Gasteiger partial charge >= 0.3 is 0 Å². The third-order valence-electron chi connectivity index (χ3n) is 3.21. The predicted molar refractivity (Wildman–Crippen MR) is 63.3 cm³/mol. The van der Waals surface area contributed by atoms with Crippen LogP contribution in [0.15, 0.2) is 18.2 Å². The molecule has 0 heterocycles. The molecule has 0 aromatic heterocycles. The first kappa shape index (κ1) is 10.5. The molecule has 0 amide bonds. The summed E-state index contributed by atoms with van der Waals surface area (Å²) in [5, 5.41) is 9.86. The molecule has 1 N–H and O–H groups in total. The van der Waals surface area contributed by atoms with Crippen molar-refractivity contribution in [3.63, 3.8) is 0 Å². The summed E-state index contributed by atoms with van der Waals surface area (Å²) in [4.78, 5) is 0. The van der Waals surface area contributed by atoms with Crippen LogP contribution in [0.5, 0.6) is 5.75 Å². The average Bonchev–Trinajstić information content (AvgIpc) is 3.02. The molecule has 0 radical (unpaired) electrons. The number of hydrogen-bond acceptors (Lipinski definition) is 1. The Morgan fingerprint density at radius 1 is 1.27 bits per heavy atom. The zero-order valence-corrected chi connectivity index (χ0v) is 9.50. The third kappa shape index (κ3) is 2.53. The number of hydrogen-bond donors (Lipinski definition) is 1.